The minimum atomic E-state index is -0.206. The molecule has 0 aromatic carbocycles. The van der Waals surface area contributed by atoms with Gasteiger partial charge in [0, 0.05) is 13.5 Å². The Morgan fingerprint density at radius 1 is 1.56 bits per heavy atom. The van der Waals surface area contributed by atoms with Crippen LogP contribution in [-0.2, 0) is 9.47 Å². The summed E-state index contributed by atoms with van der Waals surface area (Å²) in [6.07, 6.45) is 2.25. The number of ether oxygens (including phenoxy) is 2. The van der Waals surface area contributed by atoms with Gasteiger partial charge in [0.1, 0.15) is 6.11 Å². The van der Waals surface area contributed by atoms with Gasteiger partial charge in [-0.25, -0.2) is 0 Å². The third kappa shape index (κ3) is 5.19. The van der Waals surface area contributed by atoms with Crippen LogP contribution < -0.4 is 0 Å². The van der Waals surface area contributed by atoms with Gasteiger partial charge < -0.3 is 9.47 Å². The summed E-state index contributed by atoms with van der Waals surface area (Å²) in [5.41, 5.74) is 0. The fourth-order valence-electron chi connectivity index (χ4n) is 0.411. The molecule has 0 aliphatic rings. The second-order valence-corrected chi connectivity index (χ2v) is 1.49. The molecule has 0 amide bonds. The highest BCUT2D eigenvalue weighted by atomic mass is 16.7. The van der Waals surface area contributed by atoms with Crippen molar-refractivity contribution in [1.82, 2.24) is 0 Å². The molecule has 0 heterocycles. The average Bonchev–Trinajstić information content (AvgIpc) is 1.85. The summed E-state index contributed by atoms with van der Waals surface area (Å²) in [5.74, 6) is 2.60. The van der Waals surface area contributed by atoms with Crippen molar-refractivity contribution < 1.29 is 9.47 Å². The van der Waals surface area contributed by atoms with Gasteiger partial charge in [0.25, 0.3) is 0 Å². The molecule has 0 saturated heterocycles. The van der Waals surface area contributed by atoms with E-state index in [-0.39, 0.29) is 6.29 Å². The minimum absolute atomic E-state index is 0.206. The molecule has 0 bridgehead atoms. The summed E-state index contributed by atoms with van der Waals surface area (Å²) in [6.45, 7) is 6.11. The second kappa shape index (κ2) is 5.46. The molecule has 0 saturated carbocycles. The van der Waals surface area contributed by atoms with Gasteiger partial charge in [-0.1, -0.05) is 5.92 Å². The standard InChI is InChI=1S/C7H12O2/c1-4-6-9-7(3)8-5-2/h7H,5H2,1-3H3. The molecule has 0 fully saturated rings. The highest BCUT2D eigenvalue weighted by molar-refractivity contribution is 4.85. The molecule has 1 unspecified atom stereocenters. The highest BCUT2D eigenvalue weighted by Crippen LogP contribution is 1.89. The van der Waals surface area contributed by atoms with Crippen molar-refractivity contribution in [3.63, 3.8) is 0 Å². The van der Waals surface area contributed by atoms with Crippen LogP contribution in [0.25, 0.3) is 0 Å². The zero-order chi connectivity index (χ0) is 7.11. The van der Waals surface area contributed by atoms with E-state index in [4.69, 9.17) is 9.47 Å². The summed E-state index contributed by atoms with van der Waals surface area (Å²) < 4.78 is 9.87. The van der Waals surface area contributed by atoms with Crippen LogP contribution in [0.4, 0.5) is 0 Å². The fourth-order valence-corrected chi connectivity index (χ4v) is 0.411. The van der Waals surface area contributed by atoms with E-state index in [1.165, 1.54) is 0 Å². The molecule has 0 aromatic heterocycles. The summed E-state index contributed by atoms with van der Waals surface area (Å²) in [4.78, 5) is 0. The second-order valence-electron chi connectivity index (χ2n) is 1.49. The van der Waals surface area contributed by atoms with Crippen molar-refractivity contribution >= 4 is 0 Å². The van der Waals surface area contributed by atoms with Crippen molar-refractivity contribution in [1.29, 1.82) is 0 Å². The first-order valence-corrected chi connectivity index (χ1v) is 3.00. The quantitative estimate of drug-likeness (QED) is 0.422. The normalized spacial score (nSPS) is 11.4. The van der Waals surface area contributed by atoms with Crippen LogP contribution >= 0.6 is 0 Å². The Morgan fingerprint density at radius 2 is 2.22 bits per heavy atom. The van der Waals surface area contributed by atoms with Crippen LogP contribution in [0.5, 0.6) is 0 Å². The monoisotopic (exact) mass is 128 g/mol. The Morgan fingerprint density at radius 3 is 2.67 bits per heavy atom. The van der Waals surface area contributed by atoms with Crippen molar-refractivity contribution in [2.75, 3.05) is 6.61 Å². The lowest BCUT2D eigenvalue weighted by molar-refractivity contribution is -0.0792. The van der Waals surface area contributed by atoms with Crippen LogP contribution in [0.3, 0.4) is 0 Å². The fraction of sp³-hybridized carbons (Fsp3) is 0.714. The Bertz CT molecular complexity index is 110. The highest BCUT2D eigenvalue weighted by Gasteiger charge is 1.94. The molecule has 2 heteroatoms. The Hall–Kier alpha value is -0.680. The van der Waals surface area contributed by atoms with Gasteiger partial charge in [0.05, 0.1) is 0 Å². The molecular formula is C7H12O2. The molecule has 0 aliphatic heterocycles. The molecule has 0 spiro atoms. The van der Waals surface area contributed by atoms with Gasteiger partial charge in [0.2, 0.25) is 6.29 Å². The number of hydrogen-bond acceptors (Lipinski definition) is 2. The molecule has 0 aromatic rings. The third-order valence-electron chi connectivity index (χ3n) is 0.728. The average molecular weight is 128 g/mol. The minimum Gasteiger partial charge on any atom is -0.415 e. The maximum Gasteiger partial charge on any atom is 0.207 e. The first-order valence-electron chi connectivity index (χ1n) is 3.00. The summed E-state index contributed by atoms with van der Waals surface area (Å²) in [7, 11) is 0. The van der Waals surface area contributed by atoms with Gasteiger partial charge in [-0.2, -0.15) is 0 Å². The molecule has 0 rings (SSSR count). The zero-order valence-electron chi connectivity index (χ0n) is 6.10. The lowest BCUT2D eigenvalue weighted by atomic mass is 10.7. The van der Waals surface area contributed by atoms with Gasteiger partial charge in [0.15, 0.2) is 0 Å². The van der Waals surface area contributed by atoms with Crippen molar-refractivity contribution in [2.45, 2.75) is 27.1 Å². The largest absolute Gasteiger partial charge is 0.415 e. The predicted octanol–water partition coefficient (Wildman–Crippen LogP) is 1.37. The lowest BCUT2D eigenvalue weighted by Crippen LogP contribution is -2.08. The topological polar surface area (TPSA) is 18.5 Å². The summed E-state index contributed by atoms with van der Waals surface area (Å²) in [5, 5.41) is 0. The lowest BCUT2D eigenvalue weighted by Gasteiger charge is -2.06. The molecular weight excluding hydrogens is 116 g/mol. The van der Waals surface area contributed by atoms with E-state index >= 15 is 0 Å². The third-order valence-corrected chi connectivity index (χ3v) is 0.728. The Labute approximate surface area is 56.2 Å². The van der Waals surface area contributed by atoms with E-state index in [0.29, 0.717) is 6.61 Å². The van der Waals surface area contributed by atoms with Crippen LogP contribution in [0.1, 0.15) is 20.8 Å². The maximum absolute atomic E-state index is 5.02. The van der Waals surface area contributed by atoms with Crippen LogP contribution in [0, 0.1) is 12.0 Å². The van der Waals surface area contributed by atoms with Gasteiger partial charge >= 0.3 is 0 Å². The van der Waals surface area contributed by atoms with E-state index in [0.717, 1.165) is 0 Å². The number of hydrogen-bond donors (Lipinski definition) is 0. The molecule has 9 heavy (non-hydrogen) atoms. The van der Waals surface area contributed by atoms with E-state index in [1.54, 1.807) is 6.92 Å². The Balaban J connectivity index is 3.22. The van der Waals surface area contributed by atoms with E-state index in [2.05, 4.69) is 12.0 Å². The van der Waals surface area contributed by atoms with Crippen molar-refractivity contribution in [2.24, 2.45) is 0 Å². The Kier molecular flexibility index (Phi) is 5.04. The molecule has 0 radical (unpaired) electrons. The molecule has 0 N–H and O–H groups in total. The van der Waals surface area contributed by atoms with Crippen LogP contribution in [-0.4, -0.2) is 12.9 Å². The molecule has 0 aliphatic carbocycles. The van der Waals surface area contributed by atoms with Gasteiger partial charge in [-0.05, 0) is 13.8 Å². The van der Waals surface area contributed by atoms with Crippen molar-refractivity contribution in [3.8, 4) is 12.0 Å². The molecule has 2 nitrogen and oxygen atoms in total. The smallest absolute Gasteiger partial charge is 0.207 e. The summed E-state index contributed by atoms with van der Waals surface area (Å²) in [6, 6.07) is 0. The SMILES string of the molecule is CC#COC(C)OCC. The predicted molar refractivity (Wildman–Crippen MR) is 35.6 cm³/mol. The maximum atomic E-state index is 5.02. The van der Waals surface area contributed by atoms with Crippen LogP contribution in [0.15, 0.2) is 0 Å². The molecule has 52 valence electrons. The molecule has 1 atom stereocenters. The first-order chi connectivity index (χ1) is 4.31. The van der Waals surface area contributed by atoms with Crippen molar-refractivity contribution in [3.05, 3.63) is 0 Å². The van der Waals surface area contributed by atoms with E-state index in [9.17, 15) is 0 Å². The first kappa shape index (κ1) is 8.32. The van der Waals surface area contributed by atoms with Gasteiger partial charge in [-0.15, -0.1) is 0 Å². The van der Waals surface area contributed by atoms with Crippen LogP contribution in [0.2, 0.25) is 0 Å². The van der Waals surface area contributed by atoms with E-state index < -0.39 is 0 Å². The van der Waals surface area contributed by atoms with Gasteiger partial charge in [-0.3, -0.25) is 0 Å². The zero-order valence-corrected chi connectivity index (χ0v) is 6.10. The summed E-state index contributed by atoms with van der Waals surface area (Å²) >= 11 is 0. The number of rotatable bonds is 3. The van der Waals surface area contributed by atoms with E-state index in [1.807, 2.05) is 13.8 Å².